The van der Waals surface area contributed by atoms with Crippen molar-refractivity contribution in [3.63, 3.8) is 0 Å². The molecule has 23 heavy (non-hydrogen) atoms. The summed E-state index contributed by atoms with van der Waals surface area (Å²) in [4.78, 5) is 19.4. The standard InChI is InChI=1S/C19H19ClN2O/c1-3-8-19(9-4-2)10-12-22(19)18(23)15-7-11-21-17-6-5-14(20)13-16(15)17/h3-7,11,13H,1-2,8-10,12H2. The third-order valence-electron chi connectivity index (χ3n) is 4.60. The van der Waals surface area contributed by atoms with Gasteiger partial charge in [0.15, 0.2) is 0 Å². The van der Waals surface area contributed by atoms with Gasteiger partial charge < -0.3 is 4.90 Å². The van der Waals surface area contributed by atoms with Crippen LogP contribution in [0.25, 0.3) is 10.9 Å². The van der Waals surface area contributed by atoms with E-state index in [2.05, 4.69) is 18.1 Å². The Kier molecular flexibility index (Phi) is 4.22. The number of likely N-dealkylation sites (tertiary alicyclic amines) is 1. The second-order valence-corrected chi connectivity index (χ2v) is 6.37. The zero-order valence-corrected chi connectivity index (χ0v) is 13.7. The molecular formula is C19H19ClN2O. The number of fused-ring (bicyclic) bond motifs is 1. The summed E-state index contributed by atoms with van der Waals surface area (Å²) in [6.07, 6.45) is 7.95. The van der Waals surface area contributed by atoms with Crippen LogP contribution in [0.2, 0.25) is 5.02 Å². The first-order valence-corrected chi connectivity index (χ1v) is 8.07. The molecule has 2 aromatic rings. The lowest BCUT2D eigenvalue weighted by atomic mass is 9.78. The molecule has 1 fully saturated rings. The number of rotatable bonds is 5. The van der Waals surface area contributed by atoms with E-state index in [4.69, 9.17) is 11.6 Å². The predicted molar refractivity (Wildman–Crippen MR) is 94.8 cm³/mol. The topological polar surface area (TPSA) is 33.2 Å². The number of benzene rings is 1. The number of aromatic nitrogens is 1. The van der Waals surface area contributed by atoms with Crippen molar-refractivity contribution in [1.82, 2.24) is 9.88 Å². The van der Waals surface area contributed by atoms with Crippen LogP contribution in [0.15, 0.2) is 55.8 Å². The maximum Gasteiger partial charge on any atom is 0.255 e. The first-order chi connectivity index (χ1) is 11.1. The van der Waals surface area contributed by atoms with E-state index in [1.54, 1.807) is 24.4 Å². The van der Waals surface area contributed by atoms with E-state index in [1.807, 2.05) is 23.1 Å². The summed E-state index contributed by atoms with van der Waals surface area (Å²) in [5.74, 6) is 0.0228. The second-order valence-electron chi connectivity index (χ2n) is 5.94. The molecule has 0 spiro atoms. The lowest BCUT2D eigenvalue weighted by Crippen LogP contribution is -2.61. The van der Waals surface area contributed by atoms with Gasteiger partial charge in [-0.1, -0.05) is 23.8 Å². The zero-order valence-electron chi connectivity index (χ0n) is 13.0. The van der Waals surface area contributed by atoms with Crippen molar-refractivity contribution < 1.29 is 4.79 Å². The highest BCUT2D eigenvalue weighted by molar-refractivity contribution is 6.31. The molecule has 1 aliphatic rings. The third-order valence-corrected chi connectivity index (χ3v) is 4.84. The number of halogens is 1. The van der Waals surface area contributed by atoms with Gasteiger partial charge in [0.05, 0.1) is 16.6 Å². The minimum Gasteiger partial charge on any atom is -0.332 e. The van der Waals surface area contributed by atoms with Gasteiger partial charge in [-0.3, -0.25) is 9.78 Å². The number of hydrogen-bond acceptors (Lipinski definition) is 2. The molecule has 118 valence electrons. The molecule has 0 unspecified atom stereocenters. The van der Waals surface area contributed by atoms with Crippen LogP contribution in [0.5, 0.6) is 0 Å². The minimum absolute atomic E-state index is 0.0228. The van der Waals surface area contributed by atoms with E-state index in [0.29, 0.717) is 10.6 Å². The van der Waals surface area contributed by atoms with Gasteiger partial charge in [0.2, 0.25) is 0 Å². The van der Waals surface area contributed by atoms with Gasteiger partial charge in [0.25, 0.3) is 5.91 Å². The summed E-state index contributed by atoms with van der Waals surface area (Å²) in [7, 11) is 0. The molecule has 0 radical (unpaired) electrons. The summed E-state index contributed by atoms with van der Waals surface area (Å²) in [6, 6.07) is 7.20. The molecular weight excluding hydrogens is 308 g/mol. The summed E-state index contributed by atoms with van der Waals surface area (Å²) in [5.41, 5.74) is 1.24. The highest BCUT2D eigenvalue weighted by Crippen LogP contribution is 2.39. The average Bonchev–Trinajstić information content (AvgIpc) is 2.52. The Morgan fingerprint density at radius 2 is 2.04 bits per heavy atom. The minimum atomic E-state index is -0.186. The van der Waals surface area contributed by atoms with Crippen LogP contribution in [0.3, 0.4) is 0 Å². The van der Waals surface area contributed by atoms with Crippen molar-refractivity contribution in [3.8, 4) is 0 Å². The van der Waals surface area contributed by atoms with Gasteiger partial charge in [-0.25, -0.2) is 0 Å². The van der Waals surface area contributed by atoms with Crippen LogP contribution in [0.1, 0.15) is 29.6 Å². The molecule has 1 aromatic carbocycles. The van der Waals surface area contributed by atoms with E-state index < -0.39 is 0 Å². The van der Waals surface area contributed by atoms with Crippen molar-refractivity contribution in [2.75, 3.05) is 6.54 Å². The van der Waals surface area contributed by atoms with Crippen LogP contribution < -0.4 is 0 Å². The first-order valence-electron chi connectivity index (χ1n) is 7.69. The number of carbonyl (C=O) groups is 1. The van der Waals surface area contributed by atoms with Crippen LogP contribution in [0, 0.1) is 0 Å². The fourth-order valence-corrected chi connectivity index (χ4v) is 3.52. The van der Waals surface area contributed by atoms with Crippen molar-refractivity contribution >= 4 is 28.4 Å². The Morgan fingerprint density at radius 1 is 1.30 bits per heavy atom. The molecule has 3 rings (SSSR count). The van der Waals surface area contributed by atoms with Gasteiger partial charge >= 0.3 is 0 Å². The maximum absolute atomic E-state index is 13.1. The van der Waals surface area contributed by atoms with E-state index >= 15 is 0 Å². The monoisotopic (exact) mass is 326 g/mol. The fourth-order valence-electron chi connectivity index (χ4n) is 3.35. The van der Waals surface area contributed by atoms with E-state index in [0.717, 1.165) is 36.7 Å². The van der Waals surface area contributed by atoms with Crippen molar-refractivity contribution in [1.29, 1.82) is 0 Å². The Labute approximate surface area is 141 Å². The lowest BCUT2D eigenvalue weighted by molar-refractivity contribution is 0.000147. The zero-order chi connectivity index (χ0) is 16.4. The van der Waals surface area contributed by atoms with Crippen LogP contribution in [0.4, 0.5) is 0 Å². The fraction of sp³-hybridized carbons (Fsp3) is 0.263. The van der Waals surface area contributed by atoms with Crippen molar-refractivity contribution in [2.45, 2.75) is 24.8 Å². The van der Waals surface area contributed by atoms with Gasteiger partial charge in [0, 0.05) is 23.2 Å². The Hall–Kier alpha value is -2.13. The molecule has 0 atom stereocenters. The quantitative estimate of drug-likeness (QED) is 0.751. The Morgan fingerprint density at radius 3 is 2.65 bits per heavy atom. The molecule has 0 aliphatic carbocycles. The predicted octanol–water partition coefficient (Wildman–Crippen LogP) is 4.63. The number of hydrogen-bond donors (Lipinski definition) is 0. The Balaban J connectivity index is 2.02. The van der Waals surface area contributed by atoms with Gasteiger partial charge in [-0.2, -0.15) is 0 Å². The maximum atomic E-state index is 13.1. The molecule has 1 aliphatic heterocycles. The number of amides is 1. The summed E-state index contributed by atoms with van der Waals surface area (Å²) >= 11 is 6.10. The molecule has 2 heterocycles. The highest BCUT2D eigenvalue weighted by atomic mass is 35.5. The Bertz CT molecular complexity index is 774. The largest absolute Gasteiger partial charge is 0.332 e. The number of nitrogens with zero attached hydrogens (tertiary/aromatic N) is 2. The van der Waals surface area contributed by atoms with Gasteiger partial charge in [-0.15, -0.1) is 13.2 Å². The summed E-state index contributed by atoms with van der Waals surface area (Å²) in [6.45, 7) is 8.43. The second kappa shape index (κ2) is 6.17. The molecule has 0 N–H and O–H groups in total. The van der Waals surface area contributed by atoms with E-state index in [1.165, 1.54) is 0 Å². The number of carbonyl (C=O) groups excluding carboxylic acids is 1. The normalized spacial score (nSPS) is 16.0. The van der Waals surface area contributed by atoms with E-state index in [9.17, 15) is 4.79 Å². The molecule has 1 amide bonds. The SMILES string of the molecule is C=CCC1(CC=C)CCN1C(=O)c1ccnc2ccc(Cl)cc12. The summed E-state index contributed by atoms with van der Waals surface area (Å²) < 4.78 is 0. The van der Waals surface area contributed by atoms with Gasteiger partial charge in [-0.05, 0) is 43.5 Å². The lowest BCUT2D eigenvalue weighted by Gasteiger charge is -2.52. The van der Waals surface area contributed by atoms with Crippen molar-refractivity contribution in [2.24, 2.45) is 0 Å². The smallest absolute Gasteiger partial charge is 0.255 e. The number of pyridine rings is 1. The van der Waals surface area contributed by atoms with E-state index in [-0.39, 0.29) is 11.4 Å². The van der Waals surface area contributed by atoms with Crippen molar-refractivity contribution in [3.05, 3.63) is 66.4 Å². The average molecular weight is 327 g/mol. The highest BCUT2D eigenvalue weighted by Gasteiger charge is 2.45. The molecule has 0 saturated carbocycles. The third kappa shape index (κ3) is 2.66. The first kappa shape index (κ1) is 15.8. The molecule has 1 saturated heterocycles. The van der Waals surface area contributed by atoms with Crippen LogP contribution in [-0.2, 0) is 0 Å². The molecule has 0 bridgehead atoms. The molecule has 3 nitrogen and oxygen atoms in total. The van der Waals surface area contributed by atoms with Gasteiger partial charge in [0.1, 0.15) is 0 Å². The van der Waals surface area contributed by atoms with Crippen LogP contribution in [-0.4, -0.2) is 27.9 Å². The molecule has 1 aromatic heterocycles. The molecule has 4 heteroatoms. The summed E-state index contributed by atoms with van der Waals surface area (Å²) in [5, 5.41) is 1.40. The van der Waals surface area contributed by atoms with Crippen LogP contribution >= 0.6 is 11.6 Å².